The molecular weight excluding hydrogens is 488 g/mol. The number of carbonyl (C=O) groups is 1. The van der Waals surface area contributed by atoms with E-state index in [4.69, 9.17) is 14.2 Å². The number of likely N-dealkylation sites (tertiary alicyclic amines) is 1. The lowest BCUT2D eigenvalue weighted by atomic mass is 9.84. The van der Waals surface area contributed by atoms with E-state index in [1.807, 2.05) is 40.0 Å². The van der Waals surface area contributed by atoms with Crippen molar-refractivity contribution in [2.45, 2.75) is 51.7 Å². The molecule has 1 N–H and O–H groups in total. The number of ether oxygens (including phenoxy) is 3. The number of aryl methyl sites for hydroxylation is 1. The van der Waals surface area contributed by atoms with Gasteiger partial charge in [0.1, 0.15) is 11.4 Å². The van der Waals surface area contributed by atoms with Crippen LogP contribution in [0, 0.1) is 6.92 Å². The zero-order valence-corrected chi connectivity index (χ0v) is 22.7. The Labute approximate surface area is 222 Å². The number of benzene rings is 1. The first kappa shape index (κ1) is 26.2. The molecule has 2 saturated heterocycles. The van der Waals surface area contributed by atoms with Crippen LogP contribution in [0.4, 0.5) is 10.6 Å². The molecule has 11 heteroatoms. The molecule has 2 aliphatic rings. The van der Waals surface area contributed by atoms with Gasteiger partial charge in [0.05, 0.1) is 44.7 Å². The molecule has 204 valence electrons. The average molecular weight is 525 g/mol. The highest BCUT2D eigenvalue weighted by molar-refractivity contribution is 5.82. The van der Waals surface area contributed by atoms with Crippen molar-refractivity contribution in [1.29, 1.82) is 0 Å². The molecule has 3 aromatic rings. The zero-order valence-electron chi connectivity index (χ0n) is 22.7. The van der Waals surface area contributed by atoms with Crippen molar-refractivity contribution >= 4 is 22.8 Å². The number of aromatic nitrogens is 4. The molecule has 38 heavy (non-hydrogen) atoms. The summed E-state index contributed by atoms with van der Waals surface area (Å²) < 4.78 is 18.2. The van der Waals surface area contributed by atoms with Gasteiger partial charge in [-0.15, -0.1) is 0 Å². The molecule has 0 aliphatic carbocycles. The van der Waals surface area contributed by atoms with Gasteiger partial charge in [0.15, 0.2) is 5.82 Å². The number of hydrogen-bond acceptors (Lipinski definition) is 9. The quantitative estimate of drug-likeness (QED) is 0.550. The molecule has 4 heterocycles. The number of amides is 1. The lowest BCUT2D eigenvalue weighted by Gasteiger charge is -2.37. The summed E-state index contributed by atoms with van der Waals surface area (Å²) in [4.78, 5) is 25.4. The molecule has 0 radical (unpaired) electrons. The van der Waals surface area contributed by atoms with Gasteiger partial charge in [-0.3, -0.25) is 0 Å². The minimum absolute atomic E-state index is 0.120. The first-order valence-corrected chi connectivity index (χ1v) is 13.0. The lowest BCUT2D eigenvalue weighted by molar-refractivity contribution is -0.00155. The number of nitrogens with zero attached hydrogens (tertiary/aromatic N) is 6. The van der Waals surface area contributed by atoms with E-state index in [0.29, 0.717) is 32.0 Å². The van der Waals surface area contributed by atoms with Crippen LogP contribution in [0.15, 0.2) is 24.4 Å². The number of piperidine rings is 1. The van der Waals surface area contributed by atoms with Crippen molar-refractivity contribution in [2.75, 3.05) is 51.4 Å². The van der Waals surface area contributed by atoms with Gasteiger partial charge in [-0.05, 0) is 57.4 Å². The van der Waals surface area contributed by atoms with E-state index in [1.165, 1.54) is 0 Å². The first-order chi connectivity index (χ1) is 18.1. The molecule has 2 atom stereocenters. The highest BCUT2D eigenvalue weighted by atomic mass is 16.6. The number of fused-ring (bicyclic) bond motifs is 1. The van der Waals surface area contributed by atoms with E-state index in [-0.39, 0.29) is 18.5 Å². The lowest BCUT2D eigenvalue weighted by Crippen LogP contribution is -2.47. The van der Waals surface area contributed by atoms with Crippen molar-refractivity contribution < 1.29 is 24.1 Å². The predicted molar refractivity (Wildman–Crippen MR) is 142 cm³/mol. The van der Waals surface area contributed by atoms with Crippen molar-refractivity contribution in [2.24, 2.45) is 0 Å². The molecule has 1 aromatic carbocycles. The van der Waals surface area contributed by atoms with Gasteiger partial charge in [0.2, 0.25) is 0 Å². The molecule has 5 rings (SSSR count). The first-order valence-electron chi connectivity index (χ1n) is 13.0. The highest BCUT2D eigenvalue weighted by Gasteiger charge is 2.34. The van der Waals surface area contributed by atoms with Crippen LogP contribution < -0.4 is 9.64 Å². The maximum atomic E-state index is 12.6. The Morgan fingerprint density at radius 2 is 1.84 bits per heavy atom. The van der Waals surface area contributed by atoms with Gasteiger partial charge >= 0.3 is 12.1 Å². The fraction of sp³-hybridized carbons (Fsp3) is 0.556. The largest absolute Gasteiger partial charge is 0.467 e. The third kappa shape index (κ3) is 5.39. The maximum absolute atomic E-state index is 12.6. The Kier molecular flexibility index (Phi) is 7.15. The van der Waals surface area contributed by atoms with E-state index < -0.39 is 17.8 Å². The standard InChI is InChI=1S/C27H36N6O5/c1-17-12-18-15-28-33(24-14-23(29-25(30-24)36-5)31-8-10-37-11-9-31)21(18)13-20(17)19-6-7-32(16-22(19)34)26(35)38-27(2,3)4/h12-15,19,22,34H,6-11,16H2,1-5H3/t19-,22+/m0/s1. The van der Waals surface area contributed by atoms with Crippen LogP contribution in [-0.4, -0.2) is 94.1 Å². The van der Waals surface area contributed by atoms with E-state index in [2.05, 4.69) is 32.1 Å². The van der Waals surface area contributed by atoms with Crippen LogP contribution in [0.3, 0.4) is 0 Å². The number of carbonyl (C=O) groups excluding carboxylic acids is 1. The zero-order chi connectivity index (χ0) is 27.0. The van der Waals surface area contributed by atoms with Gasteiger partial charge in [-0.2, -0.15) is 15.1 Å². The SMILES string of the molecule is COc1nc(N2CCOCC2)cc(-n2ncc3cc(C)c([C@@H]4CCN(C(=O)OC(C)(C)C)C[C@H]4O)cc32)n1. The normalized spacial score (nSPS) is 20.6. The topological polar surface area (TPSA) is 115 Å². The fourth-order valence-electron chi connectivity index (χ4n) is 5.13. The van der Waals surface area contributed by atoms with Gasteiger partial charge in [0, 0.05) is 37.0 Å². The van der Waals surface area contributed by atoms with Gasteiger partial charge in [-0.1, -0.05) is 0 Å². The monoisotopic (exact) mass is 524 g/mol. The molecule has 0 spiro atoms. The van der Waals surface area contributed by atoms with Crippen molar-refractivity contribution in [3.63, 3.8) is 0 Å². The third-order valence-corrected chi connectivity index (χ3v) is 7.00. The minimum atomic E-state index is -0.712. The molecule has 11 nitrogen and oxygen atoms in total. The second kappa shape index (κ2) is 10.4. The maximum Gasteiger partial charge on any atom is 0.410 e. The molecule has 2 aliphatic heterocycles. The summed E-state index contributed by atoms with van der Waals surface area (Å²) in [7, 11) is 1.55. The minimum Gasteiger partial charge on any atom is -0.467 e. The summed E-state index contributed by atoms with van der Waals surface area (Å²) in [5.41, 5.74) is 2.40. The van der Waals surface area contributed by atoms with Crippen LogP contribution in [0.2, 0.25) is 0 Å². The molecule has 0 saturated carbocycles. The molecule has 0 unspecified atom stereocenters. The van der Waals surface area contributed by atoms with E-state index in [0.717, 1.165) is 40.9 Å². The second-order valence-corrected chi connectivity index (χ2v) is 10.9. The Balaban J connectivity index is 1.45. The number of aliphatic hydroxyl groups excluding tert-OH is 1. The van der Waals surface area contributed by atoms with E-state index in [1.54, 1.807) is 16.7 Å². The van der Waals surface area contributed by atoms with Crippen molar-refractivity contribution in [1.82, 2.24) is 24.6 Å². The number of β-amino-alcohol motifs (C(OH)–C–C–N with tert-alkyl or cyclic N) is 1. The second-order valence-electron chi connectivity index (χ2n) is 10.9. The molecule has 2 aromatic heterocycles. The fourth-order valence-corrected chi connectivity index (χ4v) is 5.13. The molecule has 0 bridgehead atoms. The van der Waals surface area contributed by atoms with E-state index in [9.17, 15) is 9.90 Å². The number of hydrogen-bond donors (Lipinski definition) is 1. The van der Waals surface area contributed by atoms with Crippen LogP contribution in [0.25, 0.3) is 16.7 Å². The van der Waals surface area contributed by atoms with Crippen LogP contribution in [-0.2, 0) is 9.47 Å². The summed E-state index contributed by atoms with van der Waals surface area (Å²) >= 11 is 0. The number of rotatable bonds is 4. The van der Waals surface area contributed by atoms with Crippen molar-refractivity contribution in [3.05, 3.63) is 35.5 Å². The summed E-state index contributed by atoms with van der Waals surface area (Å²) in [6, 6.07) is 6.35. The Morgan fingerprint density at radius 1 is 1.11 bits per heavy atom. The van der Waals surface area contributed by atoms with Gasteiger partial charge in [-0.25, -0.2) is 9.48 Å². The molecule has 2 fully saturated rings. The highest BCUT2D eigenvalue weighted by Crippen LogP contribution is 2.34. The Morgan fingerprint density at radius 3 is 2.53 bits per heavy atom. The summed E-state index contributed by atoms with van der Waals surface area (Å²) in [5, 5.41) is 16.7. The Hall–Kier alpha value is -3.44. The van der Waals surface area contributed by atoms with Crippen LogP contribution >= 0.6 is 0 Å². The number of methoxy groups -OCH3 is 1. The summed E-state index contributed by atoms with van der Waals surface area (Å²) in [6.45, 7) is 11.1. The number of anilines is 1. The number of morpholine rings is 1. The Bertz CT molecular complexity index is 1310. The molecule has 1 amide bonds. The van der Waals surface area contributed by atoms with Crippen LogP contribution in [0.5, 0.6) is 6.01 Å². The third-order valence-electron chi connectivity index (χ3n) is 7.00. The van der Waals surface area contributed by atoms with Gasteiger partial charge in [0.25, 0.3) is 0 Å². The van der Waals surface area contributed by atoms with E-state index >= 15 is 0 Å². The summed E-state index contributed by atoms with van der Waals surface area (Å²) in [5.74, 6) is 1.24. The average Bonchev–Trinajstić information content (AvgIpc) is 3.30. The smallest absolute Gasteiger partial charge is 0.410 e. The van der Waals surface area contributed by atoms with Crippen LogP contribution in [0.1, 0.15) is 44.2 Å². The summed E-state index contributed by atoms with van der Waals surface area (Å²) in [6.07, 6.45) is 1.34. The van der Waals surface area contributed by atoms with Crippen molar-refractivity contribution in [3.8, 4) is 11.8 Å². The van der Waals surface area contributed by atoms with Gasteiger partial charge < -0.3 is 29.1 Å². The predicted octanol–water partition coefficient (Wildman–Crippen LogP) is 3.05. The molecular formula is C27H36N6O5. The number of aliphatic hydroxyl groups is 1.